The largest absolute Gasteiger partial charge is 0.398 e. The van der Waals surface area contributed by atoms with Crippen molar-refractivity contribution in [2.45, 2.75) is 24.8 Å². The number of anilines is 1. The third-order valence-electron chi connectivity index (χ3n) is 2.81. The number of nitrogens with two attached hydrogens (primary N) is 1. The predicted octanol–water partition coefficient (Wildman–Crippen LogP) is 0.502. The topological polar surface area (TPSA) is 98.5 Å². The minimum absolute atomic E-state index is 0.0899. The Morgan fingerprint density at radius 2 is 2.10 bits per heavy atom. The van der Waals surface area contributed by atoms with E-state index < -0.39 is 21.5 Å². The van der Waals surface area contributed by atoms with Crippen molar-refractivity contribution < 1.29 is 17.9 Å². The number of sulfone groups is 1. The third kappa shape index (κ3) is 4.21. The highest BCUT2D eigenvalue weighted by atomic mass is 32.2. The van der Waals surface area contributed by atoms with Crippen LogP contribution in [0.2, 0.25) is 0 Å². The molecule has 1 aromatic rings. The first-order chi connectivity index (χ1) is 9.27. The average molecular weight is 300 g/mol. The molecular formula is C13H20N2O4S. The van der Waals surface area contributed by atoms with Crippen molar-refractivity contribution in [2.75, 3.05) is 25.2 Å². The minimum Gasteiger partial charge on any atom is -0.398 e. The summed E-state index contributed by atoms with van der Waals surface area (Å²) in [4.78, 5) is 11.8. The molecule has 112 valence electrons. The van der Waals surface area contributed by atoms with Crippen LogP contribution in [0.15, 0.2) is 23.1 Å². The van der Waals surface area contributed by atoms with Gasteiger partial charge in [0.15, 0.2) is 9.84 Å². The molecule has 0 aromatic heterocycles. The molecule has 3 N–H and O–H groups in total. The number of nitrogen functional groups attached to an aromatic ring is 1. The summed E-state index contributed by atoms with van der Waals surface area (Å²) in [5, 5.41) is 2.57. The smallest absolute Gasteiger partial charge is 0.235 e. The highest BCUT2D eigenvalue weighted by Gasteiger charge is 2.22. The van der Waals surface area contributed by atoms with Crippen molar-refractivity contribution in [1.82, 2.24) is 5.32 Å². The summed E-state index contributed by atoms with van der Waals surface area (Å²) in [5.41, 5.74) is 6.54. The van der Waals surface area contributed by atoms with E-state index in [1.165, 1.54) is 13.2 Å². The molecule has 0 saturated heterocycles. The molecule has 0 saturated carbocycles. The van der Waals surface area contributed by atoms with Gasteiger partial charge in [0.25, 0.3) is 0 Å². The van der Waals surface area contributed by atoms with Gasteiger partial charge in [-0.25, -0.2) is 8.42 Å². The van der Waals surface area contributed by atoms with Gasteiger partial charge in [0, 0.05) is 18.8 Å². The van der Waals surface area contributed by atoms with Crippen LogP contribution in [0.1, 0.15) is 12.5 Å². The standard InChI is InChI=1S/C13H20N2O4S/c1-9(7-19-3)15-13(16)8-20(17,18)12-6-4-5-11(14)10(12)2/h4-6,9H,7-8,14H2,1-3H3,(H,15,16). The summed E-state index contributed by atoms with van der Waals surface area (Å²) in [6.45, 7) is 3.68. The number of nitrogens with one attached hydrogen (secondary N) is 1. The lowest BCUT2D eigenvalue weighted by Crippen LogP contribution is -2.39. The predicted molar refractivity (Wildman–Crippen MR) is 77.1 cm³/mol. The molecule has 0 aliphatic carbocycles. The molecule has 1 unspecified atom stereocenters. The van der Waals surface area contributed by atoms with E-state index >= 15 is 0 Å². The molecule has 0 aliphatic heterocycles. The number of benzene rings is 1. The summed E-state index contributed by atoms with van der Waals surface area (Å²) in [6, 6.07) is 4.38. The van der Waals surface area contributed by atoms with Crippen molar-refractivity contribution in [3.63, 3.8) is 0 Å². The number of carbonyl (C=O) groups is 1. The van der Waals surface area contributed by atoms with Gasteiger partial charge in [0.1, 0.15) is 5.75 Å². The normalized spacial score (nSPS) is 12.9. The Kier molecular flexibility index (Phi) is 5.52. The van der Waals surface area contributed by atoms with Crippen molar-refractivity contribution in [3.8, 4) is 0 Å². The van der Waals surface area contributed by atoms with E-state index in [1.54, 1.807) is 26.0 Å². The van der Waals surface area contributed by atoms with E-state index in [0.717, 1.165) is 0 Å². The minimum atomic E-state index is -3.71. The third-order valence-corrected chi connectivity index (χ3v) is 4.56. The lowest BCUT2D eigenvalue weighted by molar-refractivity contribution is -0.119. The number of rotatable bonds is 6. The zero-order chi connectivity index (χ0) is 15.3. The highest BCUT2D eigenvalue weighted by molar-refractivity contribution is 7.92. The van der Waals surface area contributed by atoms with E-state index in [-0.39, 0.29) is 10.9 Å². The fraction of sp³-hybridized carbons (Fsp3) is 0.462. The van der Waals surface area contributed by atoms with Crippen LogP contribution in [0.3, 0.4) is 0 Å². The monoisotopic (exact) mass is 300 g/mol. The molecule has 0 aliphatic rings. The Morgan fingerprint density at radius 3 is 2.70 bits per heavy atom. The Morgan fingerprint density at radius 1 is 1.45 bits per heavy atom. The summed E-state index contributed by atoms with van der Waals surface area (Å²) in [6.07, 6.45) is 0. The lowest BCUT2D eigenvalue weighted by atomic mass is 10.2. The zero-order valence-electron chi connectivity index (χ0n) is 11.8. The second-order valence-corrected chi connectivity index (χ2v) is 6.61. The van der Waals surface area contributed by atoms with Gasteiger partial charge in [-0.2, -0.15) is 0 Å². The molecule has 0 radical (unpaired) electrons. The van der Waals surface area contributed by atoms with Crippen LogP contribution in [0, 0.1) is 6.92 Å². The molecule has 1 rings (SSSR count). The first kappa shape index (κ1) is 16.5. The quantitative estimate of drug-likeness (QED) is 0.746. The van der Waals surface area contributed by atoms with Crippen LogP contribution in [-0.4, -0.2) is 39.8 Å². The summed E-state index contributed by atoms with van der Waals surface area (Å²) in [7, 11) is -2.20. The highest BCUT2D eigenvalue weighted by Crippen LogP contribution is 2.21. The second-order valence-electron chi connectivity index (χ2n) is 4.65. The van der Waals surface area contributed by atoms with Crippen molar-refractivity contribution in [2.24, 2.45) is 0 Å². The number of carbonyl (C=O) groups excluding carboxylic acids is 1. The summed E-state index contributed by atoms with van der Waals surface area (Å²) >= 11 is 0. The second kappa shape index (κ2) is 6.71. The van der Waals surface area contributed by atoms with Crippen molar-refractivity contribution in [1.29, 1.82) is 0 Å². The van der Waals surface area contributed by atoms with Crippen molar-refractivity contribution in [3.05, 3.63) is 23.8 Å². The maximum absolute atomic E-state index is 12.2. The number of ether oxygens (including phenoxy) is 1. The van der Waals surface area contributed by atoms with Gasteiger partial charge in [-0.05, 0) is 31.5 Å². The molecule has 6 nitrogen and oxygen atoms in total. The van der Waals surface area contributed by atoms with Gasteiger partial charge in [-0.1, -0.05) is 6.07 Å². The first-order valence-electron chi connectivity index (χ1n) is 6.14. The maximum atomic E-state index is 12.2. The lowest BCUT2D eigenvalue weighted by Gasteiger charge is -2.13. The van der Waals surface area contributed by atoms with E-state index in [9.17, 15) is 13.2 Å². The average Bonchev–Trinajstić information content (AvgIpc) is 2.31. The summed E-state index contributed by atoms with van der Waals surface area (Å²) < 4.78 is 29.3. The van der Waals surface area contributed by atoms with Crippen molar-refractivity contribution >= 4 is 21.4 Å². The van der Waals surface area contributed by atoms with E-state index in [2.05, 4.69) is 5.32 Å². The van der Waals surface area contributed by atoms with Crippen LogP contribution in [-0.2, 0) is 19.4 Å². The number of methoxy groups -OCH3 is 1. The molecule has 20 heavy (non-hydrogen) atoms. The Bertz CT molecular complexity index is 584. The van der Waals surface area contributed by atoms with Gasteiger partial charge in [0.2, 0.25) is 5.91 Å². The Balaban J connectivity index is 2.85. The maximum Gasteiger partial charge on any atom is 0.235 e. The van der Waals surface area contributed by atoms with Crippen LogP contribution >= 0.6 is 0 Å². The zero-order valence-corrected chi connectivity index (χ0v) is 12.7. The van der Waals surface area contributed by atoms with Crippen LogP contribution < -0.4 is 11.1 Å². The van der Waals surface area contributed by atoms with E-state index in [4.69, 9.17) is 10.5 Å². The van der Waals surface area contributed by atoms with E-state index in [1.807, 2.05) is 0 Å². The van der Waals surface area contributed by atoms with Gasteiger partial charge in [-0.15, -0.1) is 0 Å². The number of hydrogen-bond donors (Lipinski definition) is 2. The Labute approximate surface area is 119 Å². The molecule has 0 bridgehead atoms. The van der Waals surface area contributed by atoms with Gasteiger partial charge < -0.3 is 15.8 Å². The van der Waals surface area contributed by atoms with Gasteiger partial charge in [0.05, 0.1) is 11.5 Å². The molecule has 1 amide bonds. The fourth-order valence-corrected chi connectivity index (χ4v) is 3.28. The first-order valence-corrected chi connectivity index (χ1v) is 7.79. The summed E-state index contributed by atoms with van der Waals surface area (Å²) in [5.74, 6) is -1.16. The molecule has 0 spiro atoms. The molecule has 0 heterocycles. The molecule has 1 aromatic carbocycles. The fourth-order valence-electron chi connectivity index (χ4n) is 1.83. The molecule has 7 heteroatoms. The number of hydrogen-bond acceptors (Lipinski definition) is 5. The van der Waals surface area contributed by atoms with E-state index in [0.29, 0.717) is 17.9 Å². The number of amides is 1. The van der Waals surface area contributed by atoms with Gasteiger partial charge >= 0.3 is 0 Å². The van der Waals surface area contributed by atoms with Crippen LogP contribution in [0.25, 0.3) is 0 Å². The SMILES string of the molecule is COCC(C)NC(=O)CS(=O)(=O)c1cccc(N)c1C. The Hall–Kier alpha value is -1.60. The van der Waals surface area contributed by atoms with Crippen LogP contribution in [0.5, 0.6) is 0 Å². The van der Waals surface area contributed by atoms with Crippen LogP contribution in [0.4, 0.5) is 5.69 Å². The van der Waals surface area contributed by atoms with Gasteiger partial charge in [-0.3, -0.25) is 4.79 Å². The molecule has 1 atom stereocenters. The molecule has 0 fully saturated rings. The molecular weight excluding hydrogens is 280 g/mol.